The van der Waals surface area contributed by atoms with Crippen LogP contribution in [0.25, 0.3) is 10.2 Å². The lowest BCUT2D eigenvalue weighted by Gasteiger charge is -2.04. The van der Waals surface area contributed by atoms with Crippen molar-refractivity contribution in [2.24, 2.45) is 0 Å². The number of hydrogen-bond acceptors (Lipinski definition) is 5. The number of nitrogens with zero attached hydrogens (tertiary/aromatic N) is 2. The predicted octanol–water partition coefficient (Wildman–Crippen LogP) is 3.31. The summed E-state index contributed by atoms with van der Waals surface area (Å²) >= 11 is 6.76. The molecule has 0 fully saturated rings. The van der Waals surface area contributed by atoms with Crippen LogP contribution in [-0.2, 0) is 0 Å². The molecule has 6 nitrogen and oxygen atoms in total. The lowest BCUT2D eigenvalue weighted by molar-refractivity contribution is -0.384. The smallest absolute Gasteiger partial charge is 0.268 e. The molecule has 0 spiro atoms. The molecule has 1 heterocycles. The number of benzene rings is 2. The molecule has 0 saturated heterocycles. The SMILES string of the molecule is O=C(c1ccccc1Cl)n1c(=O)sc2cc([N+](=O)[O-])ccc21. The molecule has 0 saturated carbocycles. The number of non-ortho nitro benzene ring substituents is 1. The molecule has 8 heteroatoms. The maximum Gasteiger partial charge on any atom is 0.315 e. The van der Waals surface area contributed by atoms with Crippen LogP contribution in [0.2, 0.25) is 5.02 Å². The van der Waals surface area contributed by atoms with E-state index >= 15 is 0 Å². The highest BCUT2D eigenvalue weighted by Crippen LogP contribution is 2.25. The summed E-state index contributed by atoms with van der Waals surface area (Å²) in [7, 11) is 0. The summed E-state index contributed by atoms with van der Waals surface area (Å²) in [5, 5.41) is 11.0. The van der Waals surface area contributed by atoms with E-state index in [1.807, 2.05) is 0 Å². The fourth-order valence-corrected chi connectivity index (χ4v) is 3.19. The van der Waals surface area contributed by atoms with Crippen molar-refractivity contribution in [1.29, 1.82) is 0 Å². The van der Waals surface area contributed by atoms with Crippen molar-refractivity contribution in [3.8, 4) is 0 Å². The summed E-state index contributed by atoms with van der Waals surface area (Å²) in [5.74, 6) is -0.560. The first-order chi connectivity index (χ1) is 10.5. The molecule has 110 valence electrons. The topological polar surface area (TPSA) is 82.2 Å². The van der Waals surface area contributed by atoms with Crippen molar-refractivity contribution >= 4 is 44.7 Å². The predicted molar refractivity (Wildman–Crippen MR) is 83.9 cm³/mol. The minimum Gasteiger partial charge on any atom is -0.268 e. The van der Waals surface area contributed by atoms with Crippen LogP contribution in [0, 0.1) is 10.1 Å². The number of nitro benzene ring substituents is 1. The molecule has 0 radical (unpaired) electrons. The van der Waals surface area contributed by atoms with Crippen LogP contribution >= 0.6 is 22.9 Å². The molecular formula is C14H7ClN2O4S. The average molecular weight is 335 g/mol. The number of carbonyl (C=O) groups is 1. The molecule has 0 atom stereocenters. The first kappa shape index (κ1) is 14.4. The summed E-state index contributed by atoms with van der Waals surface area (Å²) in [4.78, 5) is 34.3. The Morgan fingerprint density at radius 2 is 1.95 bits per heavy atom. The Labute approximate surface area is 132 Å². The minimum absolute atomic E-state index is 0.133. The van der Waals surface area contributed by atoms with E-state index in [4.69, 9.17) is 11.6 Å². The first-order valence-corrected chi connectivity index (χ1v) is 7.27. The standard InChI is InChI=1S/C14H7ClN2O4S/c15-10-4-2-1-3-9(10)13(18)16-11-6-5-8(17(20)21)7-12(11)22-14(16)19/h1-7H. The van der Waals surface area contributed by atoms with Crippen LogP contribution in [0.5, 0.6) is 0 Å². The molecule has 2 aromatic carbocycles. The van der Waals surface area contributed by atoms with Crippen molar-refractivity contribution in [1.82, 2.24) is 4.57 Å². The van der Waals surface area contributed by atoms with Gasteiger partial charge in [0.15, 0.2) is 0 Å². The summed E-state index contributed by atoms with van der Waals surface area (Å²) in [6.45, 7) is 0. The molecule has 0 unspecified atom stereocenters. The number of aromatic nitrogens is 1. The van der Waals surface area contributed by atoms with Gasteiger partial charge in [-0.05, 0) is 18.2 Å². The molecule has 0 N–H and O–H groups in total. The highest BCUT2D eigenvalue weighted by atomic mass is 35.5. The number of nitro groups is 1. The van der Waals surface area contributed by atoms with E-state index in [0.29, 0.717) is 10.2 Å². The third kappa shape index (κ3) is 2.30. The Bertz CT molecular complexity index is 976. The molecule has 0 aliphatic heterocycles. The van der Waals surface area contributed by atoms with Crippen LogP contribution in [-0.4, -0.2) is 15.4 Å². The Hall–Kier alpha value is -2.51. The summed E-state index contributed by atoms with van der Waals surface area (Å²) in [6.07, 6.45) is 0. The highest BCUT2D eigenvalue weighted by Gasteiger charge is 2.19. The number of rotatable bonds is 2. The molecule has 0 bridgehead atoms. The van der Waals surface area contributed by atoms with E-state index in [1.54, 1.807) is 18.2 Å². The Morgan fingerprint density at radius 1 is 1.23 bits per heavy atom. The summed E-state index contributed by atoms with van der Waals surface area (Å²) in [5.41, 5.74) is 0.390. The van der Waals surface area contributed by atoms with Gasteiger partial charge in [-0.1, -0.05) is 35.1 Å². The van der Waals surface area contributed by atoms with E-state index in [9.17, 15) is 19.7 Å². The normalized spacial score (nSPS) is 10.8. The number of thiazole rings is 1. The largest absolute Gasteiger partial charge is 0.315 e. The third-order valence-corrected chi connectivity index (χ3v) is 4.32. The fraction of sp³-hybridized carbons (Fsp3) is 0. The summed E-state index contributed by atoms with van der Waals surface area (Å²) in [6, 6.07) is 10.3. The third-order valence-electron chi connectivity index (χ3n) is 3.08. The van der Waals surface area contributed by atoms with Gasteiger partial charge in [0, 0.05) is 12.1 Å². The number of fused-ring (bicyclic) bond motifs is 1. The van der Waals surface area contributed by atoms with Gasteiger partial charge in [0.2, 0.25) is 0 Å². The van der Waals surface area contributed by atoms with Gasteiger partial charge in [0.25, 0.3) is 11.6 Å². The maximum absolute atomic E-state index is 12.5. The lowest BCUT2D eigenvalue weighted by Crippen LogP contribution is -2.22. The van der Waals surface area contributed by atoms with Crippen LogP contribution in [0.1, 0.15) is 10.4 Å². The number of hydrogen-bond donors (Lipinski definition) is 0. The monoisotopic (exact) mass is 334 g/mol. The second kappa shape index (κ2) is 5.36. The van der Waals surface area contributed by atoms with Gasteiger partial charge in [-0.15, -0.1) is 0 Å². The second-order valence-electron chi connectivity index (χ2n) is 4.40. The lowest BCUT2D eigenvalue weighted by atomic mass is 10.2. The maximum atomic E-state index is 12.5. The van der Waals surface area contributed by atoms with Gasteiger partial charge < -0.3 is 0 Å². The molecule has 0 aliphatic carbocycles. The average Bonchev–Trinajstić information content (AvgIpc) is 2.81. The van der Waals surface area contributed by atoms with Gasteiger partial charge in [-0.3, -0.25) is 19.7 Å². The Kier molecular flexibility index (Phi) is 3.51. The fourth-order valence-electron chi connectivity index (χ4n) is 2.07. The van der Waals surface area contributed by atoms with Gasteiger partial charge in [-0.25, -0.2) is 4.57 Å². The van der Waals surface area contributed by atoms with Crippen molar-refractivity contribution in [2.75, 3.05) is 0 Å². The molecule has 1 aromatic heterocycles. The quantitative estimate of drug-likeness (QED) is 0.531. The van der Waals surface area contributed by atoms with Crippen molar-refractivity contribution < 1.29 is 9.72 Å². The van der Waals surface area contributed by atoms with Gasteiger partial charge in [-0.2, -0.15) is 0 Å². The van der Waals surface area contributed by atoms with Crippen LogP contribution in [0.3, 0.4) is 0 Å². The van der Waals surface area contributed by atoms with E-state index < -0.39 is 15.7 Å². The molecule has 3 rings (SSSR count). The minimum atomic E-state index is -0.560. The highest BCUT2D eigenvalue weighted by molar-refractivity contribution is 7.16. The van der Waals surface area contributed by atoms with Crippen molar-refractivity contribution in [3.63, 3.8) is 0 Å². The number of halogens is 1. The summed E-state index contributed by atoms with van der Waals surface area (Å²) < 4.78 is 1.35. The Morgan fingerprint density at radius 3 is 2.64 bits per heavy atom. The molecule has 3 aromatic rings. The molecule has 0 aliphatic rings. The van der Waals surface area contributed by atoms with Gasteiger partial charge >= 0.3 is 4.87 Å². The van der Waals surface area contributed by atoms with E-state index in [2.05, 4.69) is 0 Å². The zero-order valence-electron chi connectivity index (χ0n) is 10.9. The second-order valence-corrected chi connectivity index (χ2v) is 5.80. The van der Waals surface area contributed by atoms with Crippen LogP contribution in [0.15, 0.2) is 47.3 Å². The van der Waals surface area contributed by atoms with E-state index in [1.165, 1.54) is 24.3 Å². The molecule has 0 amide bonds. The zero-order chi connectivity index (χ0) is 15.9. The first-order valence-electron chi connectivity index (χ1n) is 6.08. The van der Waals surface area contributed by atoms with Crippen molar-refractivity contribution in [2.45, 2.75) is 0 Å². The number of carbonyl (C=O) groups excluding carboxylic acids is 1. The molecular weight excluding hydrogens is 328 g/mol. The molecule has 22 heavy (non-hydrogen) atoms. The van der Waals surface area contributed by atoms with Crippen LogP contribution in [0.4, 0.5) is 5.69 Å². The van der Waals surface area contributed by atoms with Gasteiger partial charge in [0.05, 0.1) is 25.7 Å². The van der Waals surface area contributed by atoms with E-state index in [-0.39, 0.29) is 16.3 Å². The van der Waals surface area contributed by atoms with E-state index in [0.717, 1.165) is 15.9 Å². The Balaban J connectivity index is 2.21. The zero-order valence-corrected chi connectivity index (χ0v) is 12.4. The van der Waals surface area contributed by atoms with Gasteiger partial charge in [0.1, 0.15) is 0 Å². The van der Waals surface area contributed by atoms with Crippen molar-refractivity contribution in [3.05, 3.63) is 72.8 Å². The van der Waals surface area contributed by atoms with Crippen LogP contribution < -0.4 is 4.87 Å².